The van der Waals surface area contributed by atoms with Crippen LogP contribution in [0.1, 0.15) is 61.1 Å². The number of carbonyl (C=O) groups excluding carboxylic acids is 1. The summed E-state index contributed by atoms with van der Waals surface area (Å²) in [5.41, 5.74) is 3.63. The first-order valence-corrected chi connectivity index (χ1v) is 9.52. The second-order valence-electron chi connectivity index (χ2n) is 8.00. The van der Waals surface area contributed by atoms with Crippen molar-refractivity contribution in [3.63, 3.8) is 0 Å². The van der Waals surface area contributed by atoms with E-state index in [1.807, 2.05) is 29.8 Å². The third-order valence-corrected chi connectivity index (χ3v) is 4.89. The van der Waals surface area contributed by atoms with Crippen molar-refractivity contribution in [2.45, 2.75) is 52.0 Å². The van der Waals surface area contributed by atoms with E-state index < -0.39 is 0 Å². The highest BCUT2D eigenvalue weighted by Gasteiger charge is 2.32. The molecule has 1 saturated carbocycles. The Hall–Kier alpha value is -1.85. The van der Waals surface area contributed by atoms with E-state index in [-0.39, 0.29) is 11.4 Å². The maximum atomic E-state index is 12.7. The number of rotatable bonds is 6. The smallest absolute Gasteiger partial charge is 0.254 e. The summed E-state index contributed by atoms with van der Waals surface area (Å²) in [6.07, 6.45) is 3.86. The van der Waals surface area contributed by atoms with Gasteiger partial charge >= 0.3 is 0 Å². The number of hydrogen-bond acceptors (Lipinski definition) is 3. The summed E-state index contributed by atoms with van der Waals surface area (Å²) >= 11 is 6.27. The van der Waals surface area contributed by atoms with Gasteiger partial charge in [-0.2, -0.15) is 5.10 Å². The Labute approximate surface area is 160 Å². The lowest BCUT2D eigenvalue weighted by Gasteiger charge is -2.20. The summed E-state index contributed by atoms with van der Waals surface area (Å²) < 4.78 is 1.87. The number of aromatic nitrogens is 2. The molecule has 6 heteroatoms. The van der Waals surface area contributed by atoms with Gasteiger partial charge in [0.15, 0.2) is 0 Å². The summed E-state index contributed by atoms with van der Waals surface area (Å²) in [7, 11) is 0. The number of halogens is 1. The minimum Gasteiger partial charge on any atom is -0.351 e. The average molecular weight is 375 g/mol. The van der Waals surface area contributed by atoms with Gasteiger partial charge in [0.2, 0.25) is 0 Å². The van der Waals surface area contributed by atoms with Gasteiger partial charge in [0.05, 0.1) is 23.1 Å². The molecule has 0 aliphatic heterocycles. The van der Waals surface area contributed by atoms with Crippen LogP contribution >= 0.6 is 11.6 Å². The molecule has 1 amide bonds. The Bertz CT molecular complexity index is 803. The van der Waals surface area contributed by atoms with Gasteiger partial charge in [0, 0.05) is 29.6 Å². The van der Waals surface area contributed by atoms with Gasteiger partial charge in [-0.05, 0) is 58.2 Å². The Morgan fingerprint density at radius 3 is 2.65 bits per heavy atom. The fraction of sp³-hybridized carbons (Fsp3) is 0.500. The zero-order valence-electron chi connectivity index (χ0n) is 15.9. The summed E-state index contributed by atoms with van der Waals surface area (Å²) in [6, 6.07) is 5.88. The van der Waals surface area contributed by atoms with Crippen molar-refractivity contribution in [3.05, 3.63) is 46.2 Å². The van der Waals surface area contributed by atoms with Crippen molar-refractivity contribution < 1.29 is 4.79 Å². The molecule has 0 unspecified atom stereocenters. The predicted octanol–water partition coefficient (Wildman–Crippen LogP) is 3.83. The molecule has 0 bridgehead atoms. The Morgan fingerprint density at radius 1 is 1.31 bits per heavy atom. The van der Waals surface area contributed by atoms with Crippen LogP contribution < -0.4 is 10.6 Å². The van der Waals surface area contributed by atoms with Crippen molar-refractivity contribution in [3.8, 4) is 5.69 Å². The van der Waals surface area contributed by atoms with Crippen LogP contribution in [0.3, 0.4) is 0 Å². The quantitative estimate of drug-likeness (QED) is 0.755. The van der Waals surface area contributed by atoms with Crippen molar-refractivity contribution in [2.75, 3.05) is 13.1 Å². The summed E-state index contributed by atoms with van der Waals surface area (Å²) in [5, 5.41) is 11.6. The highest BCUT2D eigenvalue weighted by molar-refractivity contribution is 6.31. The molecule has 1 aliphatic rings. The Morgan fingerprint density at radius 2 is 2.04 bits per heavy atom. The molecule has 1 fully saturated rings. The first-order chi connectivity index (χ1) is 12.3. The first kappa shape index (κ1) is 18.9. The molecule has 2 N–H and O–H groups in total. The van der Waals surface area contributed by atoms with Crippen LogP contribution in [0.2, 0.25) is 5.02 Å². The molecule has 0 atom stereocenters. The van der Waals surface area contributed by atoms with Crippen molar-refractivity contribution in [1.29, 1.82) is 0 Å². The van der Waals surface area contributed by atoms with Gasteiger partial charge in [-0.15, -0.1) is 0 Å². The van der Waals surface area contributed by atoms with E-state index in [1.54, 1.807) is 6.20 Å². The van der Waals surface area contributed by atoms with E-state index in [9.17, 15) is 4.79 Å². The van der Waals surface area contributed by atoms with E-state index in [1.165, 1.54) is 0 Å². The predicted molar refractivity (Wildman–Crippen MR) is 105 cm³/mol. The Kier molecular flexibility index (Phi) is 5.39. The number of aryl methyl sites for hydroxylation is 1. The molecular formula is C20H27ClN4O. The fourth-order valence-corrected chi connectivity index (χ4v) is 3.09. The lowest BCUT2D eigenvalue weighted by Crippen LogP contribution is -2.41. The van der Waals surface area contributed by atoms with E-state index >= 15 is 0 Å². The molecule has 26 heavy (non-hydrogen) atoms. The molecule has 3 rings (SSSR count). The molecule has 0 spiro atoms. The van der Waals surface area contributed by atoms with Crippen LogP contribution in [-0.2, 0) is 0 Å². The lowest BCUT2D eigenvalue weighted by molar-refractivity contribution is 0.0952. The van der Waals surface area contributed by atoms with E-state index in [2.05, 4.69) is 36.5 Å². The van der Waals surface area contributed by atoms with Crippen molar-refractivity contribution in [1.82, 2.24) is 20.4 Å². The minimum atomic E-state index is -0.0629. The molecule has 1 aliphatic carbocycles. The standard InChI is InChI=1S/C20H27ClN4O/c1-13-5-8-15(11-17(13)21)25-18(14-6-7-14)16(12-24-25)19(26)22-9-10-23-20(2,3)4/h5,8,11-12,14,23H,6-7,9-10H2,1-4H3,(H,22,26). The molecule has 0 radical (unpaired) electrons. The maximum absolute atomic E-state index is 12.7. The van der Waals surface area contributed by atoms with Gasteiger partial charge < -0.3 is 10.6 Å². The van der Waals surface area contributed by atoms with Crippen LogP contribution in [0.4, 0.5) is 0 Å². The topological polar surface area (TPSA) is 59.0 Å². The van der Waals surface area contributed by atoms with Crippen molar-refractivity contribution in [2.24, 2.45) is 0 Å². The van der Waals surface area contributed by atoms with Gasteiger partial charge in [0.25, 0.3) is 5.91 Å². The largest absolute Gasteiger partial charge is 0.351 e. The number of benzene rings is 1. The zero-order chi connectivity index (χ0) is 18.9. The van der Waals surface area contributed by atoms with Crippen LogP contribution in [-0.4, -0.2) is 34.3 Å². The molecule has 1 aromatic heterocycles. The second-order valence-corrected chi connectivity index (χ2v) is 8.40. The highest BCUT2D eigenvalue weighted by Crippen LogP contribution is 2.42. The Balaban J connectivity index is 1.77. The lowest BCUT2D eigenvalue weighted by atomic mass is 10.1. The van der Waals surface area contributed by atoms with Crippen LogP contribution in [0, 0.1) is 6.92 Å². The first-order valence-electron chi connectivity index (χ1n) is 9.14. The third-order valence-electron chi connectivity index (χ3n) is 4.48. The normalized spacial score (nSPS) is 14.5. The van der Waals surface area contributed by atoms with Crippen LogP contribution in [0.25, 0.3) is 5.69 Å². The van der Waals surface area contributed by atoms with Crippen LogP contribution in [0.15, 0.2) is 24.4 Å². The monoisotopic (exact) mass is 374 g/mol. The minimum absolute atomic E-state index is 0.0412. The number of nitrogens with one attached hydrogen (secondary N) is 2. The fourth-order valence-electron chi connectivity index (χ4n) is 2.91. The van der Waals surface area contributed by atoms with Crippen molar-refractivity contribution >= 4 is 17.5 Å². The summed E-state index contributed by atoms with van der Waals surface area (Å²) in [5.74, 6) is 0.332. The van der Waals surface area contributed by atoms with E-state index in [0.717, 1.165) is 36.3 Å². The highest BCUT2D eigenvalue weighted by atomic mass is 35.5. The third kappa shape index (κ3) is 4.46. The number of nitrogens with zero attached hydrogens (tertiary/aromatic N) is 2. The van der Waals surface area contributed by atoms with Gasteiger partial charge in [-0.25, -0.2) is 4.68 Å². The van der Waals surface area contributed by atoms with Gasteiger partial charge in [-0.1, -0.05) is 17.7 Å². The van der Waals surface area contributed by atoms with E-state index in [4.69, 9.17) is 11.6 Å². The number of amides is 1. The zero-order valence-corrected chi connectivity index (χ0v) is 16.7. The SMILES string of the molecule is Cc1ccc(-n2ncc(C(=O)NCCNC(C)(C)C)c2C2CC2)cc1Cl. The van der Waals surface area contributed by atoms with Gasteiger partial charge in [-0.3, -0.25) is 4.79 Å². The number of hydrogen-bond donors (Lipinski definition) is 2. The number of carbonyl (C=O) groups is 1. The maximum Gasteiger partial charge on any atom is 0.254 e. The average Bonchev–Trinajstić information content (AvgIpc) is 3.31. The molecule has 5 nitrogen and oxygen atoms in total. The molecule has 140 valence electrons. The van der Waals surface area contributed by atoms with Crippen LogP contribution in [0.5, 0.6) is 0 Å². The van der Waals surface area contributed by atoms with Gasteiger partial charge in [0.1, 0.15) is 0 Å². The molecular weight excluding hydrogens is 348 g/mol. The summed E-state index contributed by atoms with van der Waals surface area (Å²) in [6.45, 7) is 9.61. The molecule has 0 saturated heterocycles. The molecule has 1 aromatic carbocycles. The van der Waals surface area contributed by atoms with E-state index in [0.29, 0.717) is 23.0 Å². The summed E-state index contributed by atoms with van der Waals surface area (Å²) in [4.78, 5) is 12.7. The molecule has 2 aromatic rings. The second kappa shape index (κ2) is 7.41. The molecule has 1 heterocycles.